The summed E-state index contributed by atoms with van der Waals surface area (Å²) in [5, 5.41) is 3.34. The number of methoxy groups -OCH3 is 1. The van der Waals surface area contributed by atoms with E-state index in [9.17, 15) is 9.59 Å². The Morgan fingerprint density at radius 2 is 2.00 bits per heavy atom. The maximum absolute atomic E-state index is 12.3. The van der Waals surface area contributed by atoms with Gasteiger partial charge in [0.25, 0.3) is 0 Å². The van der Waals surface area contributed by atoms with Crippen LogP contribution < -0.4 is 5.32 Å². The lowest BCUT2D eigenvalue weighted by atomic mass is 10.2. The van der Waals surface area contributed by atoms with Crippen molar-refractivity contribution >= 4 is 11.8 Å². The fraction of sp³-hybridized carbons (Fsp3) is 0.857. The zero-order valence-electron chi connectivity index (χ0n) is 13.0. The van der Waals surface area contributed by atoms with Gasteiger partial charge in [0.15, 0.2) is 0 Å². The summed E-state index contributed by atoms with van der Waals surface area (Å²) in [7, 11) is 3.12. The summed E-state index contributed by atoms with van der Waals surface area (Å²) in [6, 6.07) is 0.469. The van der Waals surface area contributed by atoms with Gasteiger partial charge in [0.05, 0.1) is 6.54 Å². The van der Waals surface area contributed by atoms with Crippen molar-refractivity contribution in [3.05, 3.63) is 0 Å². The van der Waals surface area contributed by atoms with E-state index in [0.717, 1.165) is 45.7 Å². The van der Waals surface area contributed by atoms with E-state index in [4.69, 9.17) is 4.74 Å². The molecule has 0 bridgehead atoms. The average Bonchev–Trinajstić information content (AvgIpc) is 2.98. The van der Waals surface area contributed by atoms with Gasteiger partial charge in [0.1, 0.15) is 6.61 Å². The second-order valence-electron chi connectivity index (χ2n) is 5.75. The Labute approximate surface area is 126 Å². The Balaban J connectivity index is 1.77. The first kappa shape index (κ1) is 16.2. The van der Waals surface area contributed by atoms with Crippen LogP contribution >= 0.6 is 0 Å². The molecule has 2 aliphatic rings. The number of likely N-dealkylation sites (tertiary alicyclic amines) is 1. The second-order valence-corrected chi connectivity index (χ2v) is 5.75. The van der Waals surface area contributed by atoms with Crippen LogP contribution in [0.1, 0.15) is 6.42 Å². The van der Waals surface area contributed by atoms with E-state index in [1.54, 1.807) is 7.05 Å². The molecule has 0 aromatic carbocycles. The SMILES string of the molecule is COCC(=O)N(C)CC(=O)N1CCC(N2CCNCC2)C1. The molecule has 120 valence electrons. The predicted molar refractivity (Wildman–Crippen MR) is 78.9 cm³/mol. The van der Waals surface area contributed by atoms with Crippen molar-refractivity contribution in [1.82, 2.24) is 20.0 Å². The number of amides is 2. The van der Waals surface area contributed by atoms with Gasteiger partial charge in [-0.1, -0.05) is 0 Å². The summed E-state index contributed by atoms with van der Waals surface area (Å²) in [6.07, 6.45) is 1.03. The quantitative estimate of drug-likeness (QED) is 0.676. The highest BCUT2D eigenvalue weighted by molar-refractivity contribution is 5.85. The molecule has 1 unspecified atom stereocenters. The largest absolute Gasteiger partial charge is 0.375 e. The lowest BCUT2D eigenvalue weighted by Crippen LogP contribution is -2.49. The van der Waals surface area contributed by atoms with Crippen LogP contribution in [0.2, 0.25) is 0 Å². The summed E-state index contributed by atoms with van der Waals surface area (Å²) in [4.78, 5) is 29.6. The number of hydrogen-bond donors (Lipinski definition) is 1. The van der Waals surface area contributed by atoms with Crippen LogP contribution in [0, 0.1) is 0 Å². The number of piperazine rings is 1. The Morgan fingerprint density at radius 3 is 2.67 bits per heavy atom. The van der Waals surface area contributed by atoms with Gasteiger partial charge in [-0.15, -0.1) is 0 Å². The number of rotatable bonds is 5. The van der Waals surface area contributed by atoms with Gasteiger partial charge >= 0.3 is 0 Å². The number of nitrogens with zero attached hydrogens (tertiary/aromatic N) is 3. The highest BCUT2D eigenvalue weighted by atomic mass is 16.5. The smallest absolute Gasteiger partial charge is 0.248 e. The van der Waals surface area contributed by atoms with E-state index >= 15 is 0 Å². The summed E-state index contributed by atoms with van der Waals surface area (Å²) in [5.74, 6) is -0.136. The van der Waals surface area contributed by atoms with Crippen LogP contribution in [-0.4, -0.2) is 99.1 Å². The van der Waals surface area contributed by atoms with Gasteiger partial charge in [-0.3, -0.25) is 14.5 Å². The summed E-state index contributed by atoms with van der Waals surface area (Å²) >= 11 is 0. The van der Waals surface area contributed by atoms with Crippen molar-refractivity contribution < 1.29 is 14.3 Å². The Kier molecular flexibility index (Phi) is 5.96. The Morgan fingerprint density at radius 1 is 1.29 bits per heavy atom. The first-order valence-electron chi connectivity index (χ1n) is 7.57. The van der Waals surface area contributed by atoms with Gasteiger partial charge in [0.2, 0.25) is 11.8 Å². The van der Waals surface area contributed by atoms with E-state index in [1.165, 1.54) is 12.0 Å². The molecular formula is C14H26N4O3. The minimum Gasteiger partial charge on any atom is -0.375 e. The molecule has 1 atom stereocenters. The molecule has 2 saturated heterocycles. The average molecular weight is 298 g/mol. The van der Waals surface area contributed by atoms with E-state index < -0.39 is 0 Å². The van der Waals surface area contributed by atoms with Gasteiger partial charge in [-0.2, -0.15) is 0 Å². The molecule has 0 saturated carbocycles. The maximum atomic E-state index is 12.3. The number of carbonyl (C=O) groups excluding carboxylic acids is 2. The highest BCUT2D eigenvalue weighted by Gasteiger charge is 2.31. The van der Waals surface area contributed by atoms with Gasteiger partial charge in [-0.25, -0.2) is 0 Å². The van der Waals surface area contributed by atoms with Crippen LogP contribution in [0.25, 0.3) is 0 Å². The van der Waals surface area contributed by atoms with Crippen molar-refractivity contribution in [3.63, 3.8) is 0 Å². The van der Waals surface area contributed by atoms with Crippen LogP contribution in [-0.2, 0) is 14.3 Å². The maximum Gasteiger partial charge on any atom is 0.248 e. The topological polar surface area (TPSA) is 65.1 Å². The standard InChI is InChI=1S/C14H26N4O3/c1-16(14(20)11-21-2)10-13(19)18-6-3-12(9-18)17-7-4-15-5-8-17/h12,15H,3-11H2,1-2H3. The molecule has 7 heteroatoms. The molecule has 0 aromatic heterocycles. The molecule has 7 nitrogen and oxygen atoms in total. The summed E-state index contributed by atoms with van der Waals surface area (Å²) in [5.41, 5.74) is 0. The molecule has 21 heavy (non-hydrogen) atoms. The molecule has 0 radical (unpaired) electrons. The molecular weight excluding hydrogens is 272 g/mol. The number of carbonyl (C=O) groups is 2. The van der Waals surface area contributed by atoms with E-state index in [-0.39, 0.29) is 25.0 Å². The number of ether oxygens (including phenoxy) is 1. The van der Waals surface area contributed by atoms with Gasteiger partial charge in [-0.05, 0) is 6.42 Å². The van der Waals surface area contributed by atoms with E-state index in [2.05, 4.69) is 10.2 Å². The first-order chi connectivity index (χ1) is 10.1. The second kappa shape index (κ2) is 7.72. The highest BCUT2D eigenvalue weighted by Crippen LogP contribution is 2.16. The van der Waals surface area contributed by atoms with Gasteiger partial charge in [0, 0.05) is 59.5 Å². The number of hydrogen-bond acceptors (Lipinski definition) is 5. The van der Waals surface area contributed by atoms with Crippen LogP contribution in [0.3, 0.4) is 0 Å². The van der Waals surface area contributed by atoms with E-state index in [1.807, 2.05) is 4.90 Å². The van der Waals surface area contributed by atoms with Crippen LogP contribution in [0.4, 0.5) is 0 Å². The molecule has 0 spiro atoms. The van der Waals surface area contributed by atoms with Crippen molar-refractivity contribution in [2.45, 2.75) is 12.5 Å². The molecule has 0 aromatic rings. The van der Waals surface area contributed by atoms with Crippen molar-refractivity contribution in [2.75, 3.05) is 66.6 Å². The first-order valence-corrected chi connectivity index (χ1v) is 7.57. The lowest BCUT2D eigenvalue weighted by Gasteiger charge is -2.32. The molecule has 1 N–H and O–H groups in total. The van der Waals surface area contributed by atoms with Crippen LogP contribution in [0.5, 0.6) is 0 Å². The Hall–Kier alpha value is -1.18. The van der Waals surface area contributed by atoms with Crippen molar-refractivity contribution in [3.8, 4) is 0 Å². The monoisotopic (exact) mass is 298 g/mol. The third kappa shape index (κ3) is 4.39. The predicted octanol–water partition coefficient (Wildman–Crippen LogP) is -1.40. The molecule has 2 fully saturated rings. The molecule has 2 aliphatic heterocycles. The summed E-state index contributed by atoms with van der Waals surface area (Å²) < 4.78 is 4.80. The zero-order valence-corrected chi connectivity index (χ0v) is 13.0. The Bertz CT molecular complexity index is 371. The molecule has 0 aliphatic carbocycles. The fourth-order valence-electron chi connectivity index (χ4n) is 2.94. The third-order valence-corrected chi connectivity index (χ3v) is 4.25. The van der Waals surface area contributed by atoms with Crippen molar-refractivity contribution in [2.24, 2.45) is 0 Å². The zero-order chi connectivity index (χ0) is 15.2. The minimum absolute atomic E-state index is 0.0210. The summed E-state index contributed by atoms with van der Waals surface area (Å²) in [6.45, 7) is 5.89. The number of likely N-dealkylation sites (N-methyl/N-ethyl adjacent to an activating group) is 1. The van der Waals surface area contributed by atoms with Crippen LogP contribution in [0.15, 0.2) is 0 Å². The van der Waals surface area contributed by atoms with E-state index in [0.29, 0.717) is 6.04 Å². The molecule has 2 heterocycles. The number of nitrogens with one attached hydrogen (secondary N) is 1. The fourth-order valence-corrected chi connectivity index (χ4v) is 2.94. The molecule has 2 amide bonds. The van der Waals surface area contributed by atoms with Gasteiger partial charge < -0.3 is 19.9 Å². The molecule has 2 rings (SSSR count). The van der Waals surface area contributed by atoms with Crippen molar-refractivity contribution in [1.29, 1.82) is 0 Å². The lowest BCUT2D eigenvalue weighted by molar-refractivity contribution is -0.141. The normalized spacial score (nSPS) is 23.3. The third-order valence-electron chi connectivity index (χ3n) is 4.25. The minimum atomic E-state index is -0.163.